The van der Waals surface area contributed by atoms with Crippen molar-refractivity contribution in [3.63, 3.8) is 0 Å². The van der Waals surface area contributed by atoms with E-state index in [9.17, 15) is 4.79 Å². The molecule has 4 nitrogen and oxygen atoms in total. The number of rotatable bonds is 7. The Labute approximate surface area is 116 Å². The Kier molecular flexibility index (Phi) is 5.22. The highest BCUT2D eigenvalue weighted by Crippen LogP contribution is 2.49. The average Bonchev–Trinajstić information content (AvgIpc) is 3.01. The van der Waals surface area contributed by atoms with E-state index in [1.54, 1.807) is 7.11 Å². The molecule has 2 aliphatic carbocycles. The molecule has 0 radical (unpaired) electrons. The van der Waals surface area contributed by atoms with Gasteiger partial charge < -0.3 is 15.4 Å². The minimum atomic E-state index is -0.119. The van der Waals surface area contributed by atoms with Crippen molar-refractivity contribution in [3.8, 4) is 0 Å². The fourth-order valence-corrected chi connectivity index (χ4v) is 3.93. The molecule has 4 heteroatoms. The first-order chi connectivity index (χ1) is 9.11. The van der Waals surface area contributed by atoms with Crippen LogP contribution in [0.15, 0.2) is 0 Å². The van der Waals surface area contributed by atoms with E-state index in [0.717, 1.165) is 17.8 Å². The second kappa shape index (κ2) is 6.71. The molecule has 2 aliphatic rings. The topological polar surface area (TPSA) is 50.4 Å². The van der Waals surface area contributed by atoms with Crippen LogP contribution in [0.4, 0.5) is 0 Å². The summed E-state index contributed by atoms with van der Waals surface area (Å²) < 4.78 is 4.93. The van der Waals surface area contributed by atoms with E-state index in [1.807, 2.05) is 6.92 Å². The Morgan fingerprint density at radius 2 is 2.11 bits per heavy atom. The third kappa shape index (κ3) is 3.69. The van der Waals surface area contributed by atoms with Gasteiger partial charge in [-0.25, -0.2) is 0 Å². The third-order valence-electron chi connectivity index (χ3n) is 4.95. The lowest BCUT2D eigenvalue weighted by Gasteiger charge is -2.30. The van der Waals surface area contributed by atoms with Crippen LogP contribution in [0.25, 0.3) is 0 Å². The van der Waals surface area contributed by atoms with Crippen LogP contribution in [0.1, 0.15) is 39.5 Å². The Balaban J connectivity index is 1.72. The molecule has 0 aromatic carbocycles. The van der Waals surface area contributed by atoms with Crippen LogP contribution in [0.2, 0.25) is 0 Å². The van der Waals surface area contributed by atoms with Gasteiger partial charge in [0.1, 0.15) is 0 Å². The number of hydrogen-bond donors (Lipinski definition) is 2. The standard InChI is InChI=1S/C15H28N2O2/c1-10(14-9-12-4-5-13(14)8-12)17-11(2)15(18)16-6-7-19-3/h10-14,17H,4-9H2,1-3H3,(H,16,18). The van der Waals surface area contributed by atoms with Crippen molar-refractivity contribution in [3.05, 3.63) is 0 Å². The molecule has 0 aromatic heterocycles. The van der Waals surface area contributed by atoms with Gasteiger partial charge in [0.15, 0.2) is 0 Å². The van der Waals surface area contributed by atoms with E-state index in [-0.39, 0.29) is 11.9 Å². The van der Waals surface area contributed by atoms with Crippen molar-refractivity contribution >= 4 is 5.91 Å². The highest BCUT2D eigenvalue weighted by atomic mass is 16.5. The van der Waals surface area contributed by atoms with E-state index < -0.39 is 0 Å². The lowest BCUT2D eigenvalue weighted by molar-refractivity contribution is -0.123. The maximum absolute atomic E-state index is 11.9. The summed E-state index contributed by atoms with van der Waals surface area (Å²) in [7, 11) is 1.64. The summed E-state index contributed by atoms with van der Waals surface area (Å²) in [4.78, 5) is 11.9. The molecule has 2 rings (SSSR count). The van der Waals surface area contributed by atoms with Gasteiger partial charge in [0.2, 0.25) is 5.91 Å². The van der Waals surface area contributed by atoms with Crippen LogP contribution in [0, 0.1) is 17.8 Å². The number of ether oxygens (including phenoxy) is 1. The average molecular weight is 268 g/mol. The molecule has 0 aromatic rings. The highest BCUT2D eigenvalue weighted by Gasteiger charge is 2.42. The number of hydrogen-bond acceptors (Lipinski definition) is 3. The molecule has 0 aliphatic heterocycles. The zero-order valence-corrected chi connectivity index (χ0v) is 12.4. The van der Waals surface area contributed by atoms with Crippen LogP contribution < -0.4 is 10.6 Å². The van der Waals surface area contributed by atoms with Crippen molar-refractivity contribution in [2.45, 2.75) is 51.6 Å². The van der Waals surface area contributed by atoms with Gasteiger partial charge >= 0.3 is 0 Å². The lowest BCUT2D eigenvalue weighted by Crippen LogP contribution is -2.49. The maximum Gasteiger partial charge on any atom is 0.236 e. The smallest absolute Gasteiger partial charge is 0.236 e. The summed E-state index contributed by atoms with van der Waals surface area (Å²) in [6.07, 6.45) is 5.61. The van der Waals surface area contributed by atoms with Gasteiger partial charge in [0.05, 0.1) is 12.6 Å². The van der Waals surface area contributed by atoms with Crippen LogP contribution in [-0.2, 0) is 9.53 Å². The number of amides is 1. The SMILES string of the molecule is COCCNC(=O)C(C)NC(C)C1CC2CCC1C2. The maximum atomic E-state index is 11.9. The molecule has 2 fully saturated rings. The lowest BCUT2D eigenvalue weighted by atomic mass is 9.84. The highest BCUT2D eigenvalue weighted by molar-refractivity contribution is 5.81. The van der Waals surface area contributed by atoms with Crippen molar-refractivity contribution in [2.75, 3.05) is 20.3 Å². The molecule has 1 amide bonds. The zero-order valence-electron chi connectivity index (χ0n) is 12.4. The van der Waals surface area contributed by atoms with Gasteiger partial charge in [0.25, 0.3) is 0 Å². The molecule has 0 spiro atoms. The van der Waals surface area contributed by atoms with E-state index in [2.05, 4.69) is 17.6 Å². The Morgan fingerprint density at radius 1 is 1.32 bits per heavy atom. The van der Waals surface area contributed by atoms with Crippen molar-refractivity contribution in [1.82, 2.24) is 10.6 Å². The van der Waals surface area contributed by atoms with Crippen LogP contribution >= 0.6 is 0 Å². The molecule has 0 saturated heterocycles. The van der Waals surface area contributed by atoms with E-state index in [4.69, 9.17) is 4.74 Å². The Morgan fingerprint density at radius 3 is 2.68 bits per heavy atom. The molecule has 110 valence electrons. The minimum Gasteiger partial charge on any atom is -0.383 e. The summed E-state index contributed by atoms with van der Waals surface area (Å²) >= 11 is 0. The number of methoxy groups -OCH3 is 1. The number of carbonyl (C=O) groups is 1. The van der Waals surface area contributed by atoms with Gasteiger partial charge in [-0.3, -0.25) is 4.79 Å². The van der Waals surface area contributed by atoms with Gasteiger partial charge in [-0.15, -0.1) is 0 Å². The predicted molar refractivity (Wildman–Crippen MR) is 75.9 cm³/mol. The summed E-state index contributed by atoms with van der Waals surface area (Å²) in [5, 5.41) is 6.37. The molecule has 0 heterocycles. The Bertz CT molecular complexity index is 309. The second-order valence-corrected chi connectivity index (χ2v) is 6.30. The molecule has 5 atom stereocenters. The summed E-state index contributed by atoms with van der Waals surface area (Å²) in [6, 6.07) is 0.324. The minimum absolute atomic E-state index is 0.0760. The normalized spacial score (nSPS) is 32.3. The van der Waals surface area contributed by atoms with Crippen molar-refractivity contribution < 1.29 is 9.53 Å². The van der Waals surface area contributed by atoms with E-state index >= 15 is 0 Å². The second-order valence-electron chi connectivity index (χ2n) is 6.30. The van der Waals surface area contributed by atoms with E-state index in [1.165, 1.54) is 25.7 Å². The van der Waals surface area contributed by atoms with Crippen molar-refractivity contribution in [2.24, 2.45) is 17.8 Å². The van der Waals surface area contributed by atoms with Gasteiger partial charge in [0, 0.05) is 19.7 Å². The molecular weight excluding hydrogens is 240 g/mol. The number of carbonyl (C=O) groups excluding carboxylic acids is 1. The van der Waals surface area contributed by atoms with Gasteiger partial charge in [-0.05, 0) is 50.9 Å². The van der Waals surface area contributed by atoms with Crippen LogP contribution in [0.5, 0.6) is 0 Å². The van der Waals surface area contributed by atoms with Crippen molar-refractivity contribution in [1.29, 1.82) is 0 Å². The largest absolute Gasteiger partial charge is 0.383 e. The first-order valence-corrected chi connectivity index (χ1v) is 7.64. The predicted octanol–water partition coefficient (Wildman–Crippen LogP) is 1.55. The number of nitrogens with one attached hydrogen (secondary N) is 2. The molecule has 2 bridgehead atoms. The van der Waals surface area contributed by atoms with Gasteiger partial charge in [-0.2, -0.15) is 0 Å². The summed E-state index contributed by atoms with van der Waals surface area (Å²) in [5.41, 5.74) is 0. The summed E-state index contributed by atoms with van der Waals surface area (Å²) in [6.45, 7) is 5.35. The fourth-order valence-electron chi connectivity index (χ4n) is 3.93. The van der Waals surface area contributed by atoms with E-state index in [0.29, 0.717) is 19.2 Å². The fraction of sp³-hybridized carbons (Fsp3) is 0.933. The molecule has 19 heavy (non-hydrogen) atoms. The monoisotopic (exact) mass is 268 g/mol. The molecular formula is C15H28N2O2. The third-order valence-corrected chi connectivity index (χ3v) is 4.95. The van der Waals surface area contributed by atoms with Crippen LogP contribution in [0.3, 0.4) is 0 Å². The quantitative estimate of drug-likeness (QED) is 0.689. The number of fused-ring (bicyclic) bond motifs is 2. The molecule has 2 saturated carbocycles. The Hall–Kier alpha value is -0.610. The molecule has 2 N–H and O–H groups in total. The van der Waals surface area contributed by atoms with Gasteiger partial charge in [-0.1, -0.05) is 6.42 Å². The van der Waals surface area contributed by atoms with Crippen LogP contribution in [-0.4, -0.2) is 38.3 Å². The zero-order chi connectivity index (χ0) is 13.8. The summed E-state index contributed by atoms with van der Waals surface area (Å²) in [5.74, 6) is 2.71. The first kappa shape index (κ1) is 14.8. The first-order valence-electron chi connectivity index (χ1n) is 7.64. The molecule has 5 unspecified atom stereocenters.